The fraction of sp³-hybridized carbons (Fsp3) is 0.154. The molecule has 0 aliphatic carbocycles. The first-order chi connectivity index (χ1) is 9.65. The van der Waals surface area contributed by atoms with Crippen LogP contribution >= 0.6 is 23.3 Å². The summed E-state index contributed by atoms with van der Waals surface area (Å²) in [5, 5.41) is 14.6. The Kier molecular flexibility index (Phi) is 4.71. The van der Waals surface area contributed by atoms with Gasteiger partial charge in [-0.1, -0.05) is 12.1 Å². The summed E-state index contributed by atoms with van der Waals surface area (Å²) in [5.41, 5.74) is 4.86. The lowest BCUT2D eigenvalue weighted by molar-refractivity contribution is 0.628. The highest BCUT2D eigenvalue weighted by Crippen LogP contribution is 2.29. The summed E-state index contributed by atoms with van der Waals surface area (Å²) >= 11 is 2.61. The van der Waals surface area contributed by atoms with Gasteiger partial charge in [-0.3, -0.25) is 5.43 Å². The largest absolute Gasteiger partial charge is 0.266 e. The maximum Gasteiger partial charge on any atom is 0.148 e. The van der Waals surface area contributed by atoms with Crippen molar-refractivity contribution < 1.29 is 4.39 Å². The van der Waals surface area contributed by atoms with Crippen molar-refractivity contribution in [3.05, 3.63) is 41.2 Å². The zero-order valence-electron chi connectivity index (χ0n) is 10.8. The van der Waals surface area contributed by atoms with E-state index in [0.717, 1.165) is 5.56 Å². The molecule has 1 heterocycles. The van der Waals surface area contributed by atoms with E-state index in [-0.39, 0.29) is 5.82 Å². The predicted octanol–water partition coefficient (Wildman–Crippen LogP) is 3.71. The molecule has 0 aliphatic rings. The molecule has 1 aromatic carbocycles. The third-order valence-corrected chi connectivity index (χ3v) is 4.10. The van der Waals surface area contributed by atoms with Crippen molar-refractivity contribution in [3.63, 3.8) is 0 Å². The maximum absolute atomic E-state index is 12.8. The van der Waals surface area contributed by atoms with E-state index in [9.17, 15) is 4.39 Å². The third-order valence-electron chi connectivity index (χ3n) is 2.55. The molecule has 0 radical (unpaired) electrons. The third kappa shape index (κ3) is 3.15. The molecule has 4 nitrogen and oxygen atoms in total. The van der Waals surface area contributed by atoms with Gasteiger partial charge in [0.25, 0.3) is 0 Å². The molecule has 0 atom stereocenters. The Labute approximate surface area is 124 Å². The molecule has 102 valence electrons. The first kappa shape index (κ1) is 14.5. The van der Waals surface area contributed by atoms with Gasteiger partial charge in [-0.2, -0.15) is 14.7 Å². The van der Waals surface area contributed by atoms with Gasteiger partial charge in [0, 0.05) is 0 Å². The summed E-state index contributed by atoms with van der Waals surface area (Å²) in [5.74, 6) is -0.284. The molecule has 1 N–H and O–H groups in total. The van der Waals surface area contributed by atoms with Crippen LogP contribution < -0.4 is 5.43 Å². The van der Waals surface area contributed by atoms with Crippen LogP contribution in [0.3, 0.4) is 0 Å². The summed E-state index contributed by atoms with van der Waals surface area (Å²) in [7, 11) is 0. The number of thioether (sulfide) groups is 1. The van der Waals surface area contributed by atoms with Crippen LogP contribution in [-0.2, 0) is 0 Å². The normalized spacial score (nSPS) is 11.2. The molecule has 0 saturated heterocycles. The van der Waals surface area contributed by atoms with Gasteiger partial charge in [-0.05, 0) is 42.4 Å². The Hall–Kier alpha value is -1.91. The van der Waals surface area contributed by atoms with E-state index < -0.39 is 0 Å². The molecule has 2 aromatic rings. The van der Waals surface area contributed by atoms with E-state index in [2.05, 4.69) is 21.0 Å². The second-order valence-electron chi connectivity index (χ2n) is 3.82. The van der Waals surface area contributed by atoms with E-state index in [1.807, 2.05) is 13.2 Å². The molecular formula is C13H11FN4S2. The van der Waals surface area contributed by atoms with Crippen molar-refractivity contribution >= 4 is 34.0 Å². The summed E-state index contributed by atoms with van der Waals surface area (Å²) < 4.78 is 17.0. The van der Waals surface area contributed by atoms with E-state index in [0.29, 0.717) is 21.3 Å². The zero-order chi connectivity index (χ0) is 14.5. The number of benzene rings is 1. The van der Waals surface area contributed by atoms with Gasteiger partial charge < -0.3 is 0 Å². The lowest BCUT2D eigenvalue weighted by Crippen LogP contribution is -1.99. The van der Waals surface area contributed by atoms with Gasteiger partial charge in [-0.15, -0.1) is 11.8 Å². The average Bonchev–Trinajstić information content (AvgIpc) is 2.87. The molecule has 0 unspecified atom stereocenters. The van der Waals surface area contributed by atoms with Crippen molar-refractivity contribution in [2.45, 2.75) is 11.9 Å². The first-order valence-electron chi connectivity index (χ1n) is 5.65. The number of nitrogens with one attached hydrogen (secondary N) is 1. The number of hydrogen-bond donors (Lipinski definition) is 1. The standard InChI is InChI=1S/C13H11FN4S2/c1-8(9-3-5-10(14)6-4-9)16-17-12-11(7-15)13(19-2)18-20-12/h3-6,17H,1-2H3. The second-order valence-corrected chi connectivity index (χ2v) is 5.39. The highest BCUT2D eigenvalue weighted by atomic mass is 32.2. The average molecular weight is 306 g/mol. The van der Waals surface area contributed by atoms with Crippen LogP contribution in [0.2, 0.25) is 0 Å². The van der Waals surface area contributed by atoms with E-state index in [1.165, 1.54) is 35.4 Å². The van der Waals surface area contributed by atoms with E-state index in [1.54, 1.807) is 12.1 Å². The summed E-state index contributed by atoms with van der Waals surface area (Å²) in [4.78, 5) is 0. The lowest BCUT2D eigenvalue weighted by Gasteiger charge is -2.02. The molecular weight excluding hydrogens is 295 g/mol. The first-order valence-corrected chi connectivity index (χ1v) is 7.65. The second kappa shape index (κ2) is 6.50. The van der Waals surface area contributed by atoms with Crippen LogP contribution in [0.25, 0.3) is 0 Å². The van der Waals surface area contributed by atoms with Crippen LogP contribution in [0.5, 0.6) is 0 Å². The highest BCUT2D eigenvalue weighted by Gasteiger charge is 2.12. The predicted molar refractivity (Wildman–Crippen MR) is 80.8 cm³/mol. The van der Waals surface area contributed by atoms with Crippen LogP contribution in [0.1, 0.15) is 18.1 Å². The van der Waals surface area contributed by atoms with Crippen LogP contribution in [0.15, 0.2) is 34.4 Å². The molecule has 1 aromatic heterocycles. The molecule has 20 heavy (non-hydrogen) atoms. The van der Waals surface area contributed by atoms with Crippen molar-refractivity contribution in [3.8, 4) is 6.07 Å². The van der Waals surface area contributed by atoms with Crippen LogP contribution in [-0.4, -0.2) is 16.3 Å². The Morgan fingerprint density at radius 1 is 1.45 bits per heavy atom. The smallest absolute Gasteiger partial charge is 0.148 e. The van der Waals surface area contributed by atoms with Gasteiger partial charge in [0.15, 0.2) is 0 Å². The van der Waals surface area contributed by atoms with Gasteiger partial charge in [0.2, 0.25) is 0 Å². The molecule has 0 amide bonds. The van der Waals surface area contributed by atoms with Crippen molar-refractivity contribution in [2.24, 2.45) is 5.10 Å². The van der Waals surface area contributed by atoms with Crippen molar-refractivity contribution in [1.29, 1.82) is 5.26 Å². The SMILES string of the molecule is CSc1nsc(NN=C(C)c2ccc(F)cc2)c1C#N. The minimum atomic E-state index is -0.284. The number of hydrogen-bond acceptors (Lipinski definition) is 6. The Morgan fingerprint density at radius 3 is 2.75 bits per heavy atom. The number of aromatic nitrogens is 1. The highest BCUT2D eigenvalue weighted by molar-refractivity contribution is 7.98. The fourth-order valence-electron chi connectivity index (χ4n) is 1.48. The lowest BCUT2D eigenvalue weighted by atomic mass is 10.1. The fourth-order valence-corrected chi connectivity index (χ4v) is 2.89. The molecule has 0 aliphatic heterocycles. The summed E-state index contributed by atoms with van der Waals surface area (Å²) in [6.07, 6.45) is 1.87. The monoisotopic (exact) mass is 306 g/mol. The van der Waals surface area contributed by atoms with E-state index >= 15 is 0 Å². The molecule has 0 bridgehead atoms. The van der Waals surface area contributed by atoms with Gasteiger partial charge in [-0.25, -0.2) is 4.39 Å². The number of nitriles is 1. The minimum absolute atomic E-state index is 0.284. The maximum atomic E-state index is 12.8. The Morgan fingerprint density at radius 2 is 2.15 bits per heavy atom. The van der Waals surface area contributed by atoms with E-state index in [4.69, 9.17) is 5.26 Å². The molecule has 0 spiro atoms. The van der Waals surface area contributed by atoms with Crippen molar-refractivity contribution in [1.82, 2.24) is 4.37 Å². The van der Waals surface area contributed by atoms with Gasteiger partial charge in [0.05, 0.1) is 5.71 Å². The number of rotatable bonds is 4. The number of nitrogens with zero attached hydrogens (tertiary/aromatic N) is 3. The quantitative estimate of drug-likeness (QED) is 0.531. The van der Waals surface area contributed by atoms with Gasteiger partial charge in [0.1, 0.15) is 27.5 Å². The van der Waals surface area contributed by atoms with Crippen LogP contribution in [0.4, 0.5) is 9.39 Å². The topological polar surface area (TPSA) is 61.1 Å². The number of anilines is 1. The molecule has 0 saturated carbocycles. The minimum Gasteiger partial charge on any atom is -0.266 e. The number of hydrazone groups is 1. The molecule has 7 heteroatoms. The van der Waals surface area contributed by atoms with Crippen molar-refractivity contribution in [2.75, 3.05) is 11.7 Å². The van der Waals surface area contributed by atoms with Crippen LogP contribution in [0, 0.1) is 17.1 Å². The zero-order valence-corrected chi connectivity index (χ0v) is 12.5. The summed E-state index contributed by atoms with van der Waals surface area (Å²) in [6, 6.07) is 8.18. The Balaban J connectivity index is 2.19. The Bertz CT molecular complexity index is 671. The summed E-state index contributed by atoms with van der Waals surface area (Å²) in [6.45, 7) is 1.81. The van der Waals surface area contributed by atoms with Gasteiger partial charge >= 0.3 is 0 Å². The molecule has 2 rings (SSSR count). The molecule has 0 fully saturated rings. The number of halogens is 1.